The Morgan fingerprint density at radius 3 is 2.19 bits per heavy atom. The average Bonchev–Trinajstić information content (AvgIpc) is 2.56. The molecule has 0 saturated heterocycles. The Bertz CT molecular complexity index is 709. The molecule has 144 valence electrons. The first-order valence-electron chi connectivity index (χ1n) is 7.74. The van der Waals surface area contributed by atoms with Crippen LogP contribution in [-0.4, -0.2) is 77.5 Å². The second-order valence-electron chi connectivity index (χ2n) is 6.26. The Morgan fingerprint density at radius 2 is 1.69 bits per heavy atom. The number of carbonyl (C=O) groups is 2. The number of aromatic hydroxyl groups is 3. The lowest BCUT2D eigenvalue weighted by molar-refractivity contribution is -0.205. The van der Waals surface area contributed by atoms with Crippen molar-refractivity contribution in [2.45, 2.75) is 43.2 Å². The first kappa shape index (κ1) is 19.9. The number of phenols is 3. The van der Waals surface area contributed by atoms with Crippen molar-refractivity contribution in [2.75, 3.05) is 6.61 Å². The summed E-state index contributed by atoms with van der Waals surface area (Å²) in [6.45, 7) is 1.36. The van der Waals surface area contributed by atoms with Gasteiger partial charge in [-0.2, -0.15) is 0 Å². The third kappa shape index (κ3) is 3.19. The van der Waals surface area contributed by atoms with Gasteiger partial charge in [-0.05, 0) is 19.1 Å². The molecule has 1 fully saturated rings. The van der Waals surface area contributed by atoms with E-state index in [0.717, 1.165) is 0 Å². The van der Waals surface area contributed by atoms with Crippen LogP contribution in [0.5, 0.6) is 17.2 Å². The number of benzene rings is 1. The maximum Gasteiger partial charge on any atom is 0.338 e. The Labute approximate surface area is 147 Å². The third-order valence-electron chi connectivity index (χ3n) is 4.34. The van der Waals surface area contributed by atoms with Gasteiger partial charge in [-0.3, -0.25) is 4.79 Å². The van der Waals surface area contributed by atoms with Crippen LogP contribution in [0.1, 0.15) is 30.1 Å². The van der Waals surface area contributed by atoms with Crippen LogP contribution in [0.4, 0.5) is 0 Å². The minimum absolute atomic E-state index is 0.105. The number of ether oxygens (including phenoxy) is 1. The van der Waals surface area contributed by atoms with Crippen LogP contribution in [-0.2, 0) is 9.53 Å². The number of ketones is 1. The van der Waals surface area contributed by atoms with Crippen LogP contribution < -0.4 is 0 Å². The number of esters is 1. The van der Waals surface area contributed by atoms with E-state index in [2.05, 4.69) is 4.74 Å². The van der Waals surface area contributed by atoms with Crippen LogP contribution in [0.25, 0.3) is 0 Å². The molecule has 2 unspecified atom stereocenters. The number of phenolic OH excluding ortho intramolecular Hbond substituents is 3. The molecule has 26 heavy (non-hydrogen) atoms. The van der Waals surface area contributed by atoms with Gasteiger partial charge in [0, 0.05) is 18.4 Å². The fourth-order valence-corrected chi connectivity index (χ4v) is 3.02. The van der Waals surface area contributed by atoms with Gasteiger partial charge < -0.3 is 40.5 Å². The topological polar surface area (TPSA) is 185 Å². The van der Waals surface area contributed by atoms with Crippen molar-refractivity contribution in [3.63, 3.8) is 0 Å². The van der Waals surface area contributed by atoms with Crippen LogP contribution in [0, 0.1) is 0 Å². The summed E-state index contributed by atoms with van der Waals surface area (Å²) in [5, 5.41) is 69.5. The molecular formula is C16H20O10. The predicted octanol–water partition coefficient (Wildman–Crippen LogP) is -1.47. The van der Waals surface area contributed by atoms with Crippen LogP contribution >= 0.6 is 0 Å². The van der Waals surface area contributed by atoms with Gasteiger partial charge in [0.1, 0.15) is 6.10 Å². The second-order valence-corrected chi connectivity index (χ2v) is 6.26. The van der Waals surface area contributed by atoms with Crippen molar-refractivity contribution in [1.29, 1.82) is 0 Å². The van der Waals surface area contributed by atoms with Gasteiger partial charge in [-0.1, -0.05) is 0 Å². The quantitative estimate of drug-likeness (QED) is 0.187. The van der Waals surface area contributed by atoms with E-state index in [1.165, 1.54) is 6.92 Å². The highest BCUT2D eigenvalue weighted by molar-refractivity contribution is 6.04. The highest BCUT2D eigenvalue weighted by Crippen LogP contribution is 2.41. The summed E-state index contributed by atoms with van der Waals surface area (Å²) >= 11 is 0. The van der Waals surface area contributed by atoms with Gasteiger partial charge in [-0.15, -0.1) is 0 Å². The van der Waals surface area contributed by atoms with Crippen molar-refractivity contribution >= 4 is 11.8 Å². The number of carbonyl (C=O) groups excluding carboxylic acids is 2. The Kier molecular flexibility index (Phi) is 5.15. The molecule has 0 aliphatic heterocycles. The van der Waals surface area contributed by atoms with E-state index in [4.69, 9.17) is 0 Å². The normalized spacial score (nSPS) is 31.4. The minimum Gasteiger partial charge on any atom is -0.504 e. The van der Waals surface area contributed by atoms with E-state index in [9.17, 15) is 45.3 Å². The Balaban J connectivity index is 2.47. The molecular weight excluding hydrogens is 352 g/mol. The second kappa shape index (κ2) is 6.72. The van der Waals surface area contributed by atoms with E-state index in [0.29, 0.717) is 12.1 Å². The summed E-state index contributed by atoms with van der Waals surface area (Å²) in [6, 6.07) is 1.43. The number of Topliss-reactive ketones (excluding diaryl/α,β-unsaturated/α-hetero) is 1. The zero-order chi connectivity index (χ0) is 19.9. The molecule has 10 nitrogen and oxygen atoms in total. The number of hydrogen-bond acceptors (Lipinski definition) is 10. The molecule has 4 atom stereocenters. The number of hydrogen-bond donors (Lipinski definition) is 7. The maximum atomic E-state index is 12.7. The van der Waals surface area contributed by atoms with Gasteiger partial charge >= 0.3 is 5.97 Å². The summed E-state index contributed by atoms with van der Waals surface area (Å²) in [4.78, 5) is 24.6. The molecule has 7 N–H and O–H groups in total. The monoisotopic (exact) mass is 372 g/mol. The van der Waals surface area contributed by atoms with Crippen molar-refractivity contribution < 1.29 is 50.1 Å². The Hall–Kier alpha value is -2.40. The smallest absolute Gasteiger partial charge is 0.338 e. The first-order valence-corrected chi connectivity index (χ1v) is 7.74. The maximum absolute atomic E-state index is 12.7. The number of rotatable bonds is 4. The minimum atomic E-state index is -2.82. The fraction of sp³-hybridized carbons (Fsp3) is 0.500. The largest absolute Gasteiger partial charge is 0.504 e. The molecule has 1 aliphatic rings. The molecule has 0 amide bonds. The van der Waals surface area contributed by atoms with E-state index in [1.54, 1.807) is 0 Å². The van der Waals surface area contributed by atoms with Gasteiger partial charge in [0.05, 0.1) is 12.7 Å². The molecule has 1 aromatic carbocycles. The molecule has 0 spiro atoms. The molecule has 0 bridgehead atoms. The zero-order valence-corrected chi connectivity index (χ0v) is 13.8. The van der Waals surface area contributed by atoms with E-state index in [1.807, 2.05) is 0 Å². The molecule has 10 heteroatoms. The van der Waals surface area contributed by atoms with E-state index < -0.39 is 70.8 Å². The average molecular weight is 372 g/mol. The molecule has 1 aromatic rings. The number of aliphatic hydroxyl groups is 4. The lowest BCUT2D eigenvalue weighted by Gasteiger charge is -2.45. The zero-order valence-electron chi connectivity index (χ0n) is 13.8. The van der Waals surface area contributed by atoms with E-state index >= 15 is 0 Å². The summed E-state index contributed by atoms with van der Waals surface area (Å²) in [7, 11) is 0. The van der Waals surface area contributed by atoms with Crippen LogP contribution in [0.15, 0.2) is 12.1 Å². The highest BCUT2D eigenvalue weighted by Gasteiger charge is 2.60. The first-order chi connectivity index (χ1) is 12.0. The third-order valence-corrected chi connectivity index (χ3v) is 4.34. The van der Waals surface area contributed by atoms with Crippen LogP contribution in [0.3, 0.4) is 0 Å². The van der Waals surface area contributed by atoms with Gasteiger partial charge in [0.15, 0.2) is 34.2 Å². The lowest BCUT2D eigenvalue weighted by Crippen LogP contribution is -2.66. The summed E-state index contributed by atoms with van der Waals surface area (Å²) < 4.78 is 4.68. The van der Waals surface area contributed by atoms with Gasteiger partial charge in [-0.25, -0.2) is 4.79 Å². The summed E-state index contributed by atoms with van der Waals surface area (Å²) in [5.74, 6) is -5.13. The van der Waals surface area contributed by atoms with Crippen molar-refractivity contribution in [3.05, 3.63) is 17.7 Å². The number of aliphatic hydroxyl groups excluding tert-OH is 2. The molecule has 2 rings (SSSR count). The molecule has 1 saturated carbocycles. The summed E-state index contributed by atoms with van der Waals surface area (Å²) in [5.41, 5.74) is -5.80. The fourth-order valence-electron chi connectivity index (χ4n) is 3.02. The van der Waals surface area contributed by atoms with Crippen molar-refractivity contribution in [3.8, 4) is 17.2 Å². The van der Waals surface area contributed by atoms with E-state index in [-0.39, 0.29) is 6.61 Å². The van der Waals surface area contributed by atoms with Gasteiger partial charge in [0.25, 0.3) is 0 Å². The molecule has 0 heterocycles. The van der Waals surface area contributed by atoms with Gasteiger partial charge in [0.2, 0.25) is 0 Å². The van der Waals surface area contributed by atoms with Crippen molar-refractivity contribution in [2.24, 2.45) is 0 Å². The SMILES string of the molecule is CCOC(=O)C1(O)C[C@@H](O)C(O)[C@@](O)(C(=O)c2cc(O)c(O)c(O)c2)C1. The summed E-state index contributed by atoms with van der Waals surface area (Å²) in [6.07, 6.45) is -5.57. The molecule has 1 aliphatic carbocycles. The lowest BCUT2D eigenvalue weighted by atomic mass is 9.69. The standard InChI is InChI=1S/C16H20O10/c1-2-26-14(23)15(24)5-10(19)13(22)16(25,6-15)12(21)7-3-8(17)11(20)9(18)4-7/h3-4,10,13,17-20,22,24-25H,2,5-6H2,1H3/t10-,13?,15?,16+/m1/s1. The Morgan fingerprint density at radius 1 is 1.15 bits per heavy atom. The predicted molar refractivity (Wildman–Crippen MR) is 83.5 cm³/mol. The highest BCUT2D eigenvalue weighted by atomic mass is 16.5. The molecule has 0 aromatic heterocycles. The van der Waals surface area contributed by atoms with Crippen LogP contribution in [0.2, 0.25) is 0 Å². The molecule has 0 radical (unpaired) electrons. The van der Waals surface area contributed by atoms with Crippen molar-refractivity contribution in [1.82, 2.24) is 0 Å².